The van der Waals surface area contributed by atoms with Crippen LogP contribution in [0.15, 0.2) is 24.3 Å². The number of carbonyl (C=O) groups excluding carboxylic acids is 1. The first-order chi connectivity index (χ1) is 10.6. The number of rotatable bonds is 3. The molecule has 3 rings (SSSR count). The lowest BCUT2D eigenvalue weighted by molar-refractivity contribution is 0.206. The van der Waals surface area contributed by atoms with Gasteiger partial charge in [-0.15, -0.1) is 0 Å². The van der Waals surface area contributed by atoms with Crippen LogP contribution >= 0.6 is 0 Å². The smallest absolute Gasteiger partial charge is 0.315 e. The van der Waals surface area contributed by atoms with Crippen LogP contribution in [0.25, 0.3) is 0 Å². The highest BCUT2D eigenvalue weighted by molar-refractivity contribution is 5.74. The largest absolute Gasteiger partial charge is 0.338 e. The third-order valence-corrected chi connectivity index (χ3v) is 5.21. The van der Waals surface area contributed by atoms with E-state index in [-0.39, 0.29) is 12.1 Å². The molecule has 1 aromatic carbocycles. The van der Waals surface area contributed by atoms with Gasteiger partial charge in [0.25, 0.3) is 0 Å². The average Bonchev–Trinajstić information content (AvgIpc) is 2.86. The van der Waals surface area contributed by atoms with Crippen LogP contribution in [0.2, 0.25) is 0 Å². The molecule has 2 amide bonds. The average molecular weight is 300 g/mol. The fraction of sp³-hybridized carbons (Fsp3) is 0.632. The molecular formula is C19H28N2O. The van der Waals surface area contributed by atoms with E-state index in [9.17, 15) is 4.79 Å². The van der Waals surface area contributed by atoms with Crippen molar-refractivity contribution in [1.82, 2.24) is 10.6 Å². The van der Waals surface area contributed by atoms with Crippen molar-refractivity contribution in [3.63, 3.8) is 0 Å². The van der Waals surface area contributed by atoms with E-state index in [1.165, 1.54) is 30.4 Å². The molecular weight excluding hydrogens is 272 g/mol. The van der Waals surface area contributed by atoms with Gasteiger partial charge in [-0.1, -0.05) is 38.1 Å². The highest BCUT2D eigenvalue weighted by atomic mass is 16.2. The molecule has 22 heavy (non-hydrogen) atoms. The Morgan fingerprint density at radius 3 is 2.23 bits per heavy atom. The summed E-state index contributed by atoms with van der Waals surface area (Å²) < 4.78 is 0. The van der Waals surface area contributed by atoms with E-state index in [0.29, 0.717) is 5.92 Å². The van der Waals surface area contributed by atoms with Crippen molar-refractivity contribution in [3.8, 4) is 0 Å². The molecule has 0 aliphatic heterocycles. The van der Waals surface area contributed by atoms with E-state index in [4.69, 9.17) is 0 Å². The minimum Gasteiger partial charge on any atom is -0.338 e. The summed E-state index contributed by atoms with van der Waals surface area (Å²) in [6.45, 7) is 5.48. The third kappa shape index (κ3) is 3.82. The molecule has 0 aromatic heterocycles. The molecule has 0 saturated heterocycles. The number of amides is 2. The Kier molecular flexibility index (Phi) is 4.70. The number of nitrogens with one attached hydrogen (secondary N) is 2. The first-order valence-corrected chi connectivity index (χ1v) is 8.71. The van der Waals surface area contributed by atoms with Gasteiger partial charge >= 0.3 is 6.03 Å². The number of hydrogen-bond acceptors (Lipinski definition) is 1. The Hall–Kier alpha value is -1.51. The van der Waals surface area contributed by atoms with E-state index in [0.717, 1.165) is 31.2 Å². The van der Waals surface area contributed by atoms with Crippen molar-refractivity contribution in [2.75, 3.05) is 6.54 Å². The van der Waals surface area contributed by atoms with Crippen LogP contribution in [0.1, 0.15) is 44.2 Å². The topological polar surface area (TPSA) is 41.1 Å². The molecule has 1 saturated carbocycles. The molecule has 3 heteroatoms. The number of fused-ring (bicyclic) bond motifs is 1. The van der Waals surface area contributed by atoms with E-state index in [1.807, 2.05) is 0 Å². The van der Waals surface area contributed by atoms with Crippen molar-refractivity contribution < 1.29 is 4.79 Å². The van der Waals surface area contributed by atoms with Gasteiger partial charge in [-0.25, -0.2) is 4.79 Å². The first-order valence-electron chi connectivity index (χ1n) is 8.71. The standard InChI is InChI=1S/C19H28N2O/c1-13-7-14(2)9-15(8-13)12-20-19(22)21-18-10-16-5-3-4-6-17(16)11-18/h3-6,13-15,18H,7-12H2,1-2H3,(H2,20,21,22). The number of benzene rings is 1. The monoisotopic (exact) mass is 300 g/mol. The van der Waals surface area contributed by atoms with E-state index in [2.05, 4.69) is 48.7 Å². The third-order valence-electron chi connectivity index (χ3n) is 5.21. The Morgan fingerprint density at radius 2 is 1.64 bits per heavy atom. The van der Waals surface area contributed by atoms with Crippen molar-refractivity contribution in [1.29, 1.82) is 0 Å². The van der Waals surface area contributed by atoms with Crippen LogP contribution in [0, 0.1) is 17.8 Å². The van der Waals surface area contributed by atoms with Gasteiger partial charge in [0.2, 0.25) is 0 Å². The van der Waals surface area contributed by atoms with E-state index < -0.39 is 0 Å². The van der Waals surface area contributed by atoms with Crippen molar-refractivity contribution >= 4 is 6.03 Å². The Bertz CT molecular complexity index is 493. The zero-order chi connectivity index (χ0) is 15.5. The molecule has 0 radical (unpaired) electrons. The summed E-state index contributed by atoms with van der Waals surface area (Å²) in [6.07, 6.45) is 5.75. The Balaban J connectivity index is 1.42. The second-order valence-corrected chi connectivity index (χ2v) is 7.51. The van der Waals surface area contributed by atoms with Gasteiger partial charge in [-0.2, -0.15) is 0 Å². The van der Waals surface area contributed by atoms with Gasteiger partial charge in [0, 0.05) is 12.6 Å². The summed E-state index contributed by atoms with van der Waals surface area (Å²) in [4.78, 5) is 12.1. The Morgan fingerprint density at radius 1 is 1.05 bits per heavy atom. The second kappa shape index (κ2) is 6.72. The SMILES string of the molecule is CC1CC(C)CC(CNC(=O)NC2Cc3ccccc3C2)C1. The molecule has 2 aliphatic rings. The summed E-state index contributed by atoms with van der Waals surface area (Å²) in [5.74, 6) is 2.23. The molecule has 120 valence electrons. The number of carbonyl (C=O) groups is 1. The van der Waals surface area contributed by atoms with Crippen LogP contribution in [-0.4, -0.2) is 18.6 Å². The molecule has 0 heterocycles. The first kappa shape index (κ1) is 15.4. The van der Waals surface area contributed by atoms with E-state index in [1.54, 1.807) is 0 Å². The zero-order valence-corrected chi connectivity index (χ0v) is 13.8. The lowest BCUT2D eigenvalue weighted by Crippen LogP contribution is -2.44. The van der Waals surface area contributed by atoms with Gasteiger partial charge in [0.05, 0.1) is 0 Å². The van der Waals surface area contributed by atoms with Gasteiger partial charge in [-0.3, -0.25) is 0 Å². The van der Waals surface area contributed by atoms with Crippen molar-refractivity contribution in [2.24, 2.45) is 17.8 Å². The fourth-order valence-electron chi connectivity index (χ4n) is 4.41. The van der Waals surface area contributed by atoms with Crippen LogP contribution in [0.4, 0.5) is 4.79 Å². The molecule has 1 aromatic rings. The molecule has 2 atom stereocenters. The number of urea groups is 1. The van der Waals surface area contributed by atoms with Crippen LogP contribution in [0.5, 0.6) is 0 Å². The maximum atomic E-state index is 12.1. The van der Waals surface area contributed by atoms with Crippen molar-refractivity contribution in [3.05, 3.63) is 35.4 Å². The molecule has 0 bridgehead atoms. The lowest BCUT2D eigenvalue weighted by atomic mass is 9.77. The van der Waals surface area contributed by atoms with Gasteiger partial charge in [0.1, 0.15) is 0 Å². The minimum absolute atomic E-state index is 0.00341. The molecule has 1 fully saturated rings. The molecule has 2 N–H and O–H groups in total. The summed E-state index contributed by atoms with van der Waals surface area (Å²) >= 11 is 0. The van der Waals surface area contributed by atoms with E-state index >= 15 is 0 Å². The summed E-state index contributed by atoms with van der Waals surface area (Å²) in [5.41, 5.74) is 2.76. The van der Waals surface area contributed by atoms with Gasteiger partial charge < -0.3 is 10.6 Å². The molecule has 2 unspecified atom stereocenters. The molecule has 2 aliphatic carbocycles. The molecule has 0 spiro atoms. The minimum atomic E-state index is 0.00341. The summed E-state index contributed by atoms with van der Waals surface area (Å²) in [5, 5.41) is 6.23. The second-order valence-electron chi connectivity index (χ2n) is 7.51. The summed E-state index contributed by atoms with van der Waals surface area (Å²) in [6, 6.07) is 8.74. The zero-order valence-electron chi connectivity index (χ0n) is 13.8. The maximum Gasteiger partial charge on any atom is 0.315 e. The predicted octanol–water partition coefficient (Wildman–Crippen LogP) is 3.53. The number of hydrogen-bond donors (Lipinski definition) is 2. The molecule has 3 nitrogen and oxygen atoms in total. The highest BCUT2D eigenvalue weighted by Gasteiger charge is 2.25. The Labute approximate surface area is 133 Å². The van der Waals surface area contributed by atoms with Crippen molar-refractivity contribution in [2.45, 2.75) is 52.0 Å². The van der Waals surface area contributed by atoms with Crippen LogP contribution < -0.4 is 10.6 Å². The normalized spacial score (nSPS) is 28.2. The quantitative estimate of drug-likeness (QED) is 0.881. The van der Waals surface area contributed by atoms with Gasteiger partial charge in [-0.05, 0) is 61.0 Å². The fourth-order valence-corrected chi connectivity index (χ4v) is 4.41. The van der Waals surface area contributed by atoms with Crippen LogP contribution in [-0.2, 0) is 12.8 Å². The van der Waals surface area contributed by atoms with Gasteiger partial charge in [0.15, 0.2) is 0 Å². The predicted molar refractivity (Wildman–Crippen MR) is 89.8 cm³/mol. The lowest BCUT2D eigenvalue weighted by Gasteiger charge is -2.31. The maximum absolute atomic E-state index is 12.1. The van der Waals surface area contributed by atoms with Crippen LogP contribution in [0.3, 0.4) is 0 Å². The highest BCUT2D eigenvalue weighted by Crippen LogP contribution is 2.32. The summed E-state index contributed by atoms with van der Waals surface area (Å²) in [7, 11) is 0.